The monoisotopic (exact) mass is 479 g/mol. The van der Waals surface area contributed by atoms with Crippen molar-refractivity contribution in [3.8, 4) is 0 Å². The van der Waals surface area contributed by atoms with Crippen LogP contribution < -0.4 is 10.6 Å². The molecule has 0 radical (unpaired) electrons. The predicted molar refractivity (Wildman–Crippen MR) is 137 cm³/mol. The Balaban J connectivity index is 1.94. The lowest BCUT2D eigenvalue weighted by atomic mass is 9.98. The van der Waals surface area contributed by atoms with Gasteiger partial charge in [0.15, 0.2) is 0 Å². The second-order valence-electron chi connectivity index (χ2n) is 10.4. The standard InChI is InChI=1S/C28H37N3O4/c1-17-12-13-21(16-19(17)3)24(25(32)30-23-11-9-8-10-18(23)2)31(22-14-15-22)26(33)20(4)29-27(34)35-28(5,6)7/h8-13,16,20,22,24H,14-15H2,1-7H3,(H,29,34)(H,30,32). The number of carbonyl (C=O) groups excluding carboxylic acids is 3. The number of nitrogens with zero attached hydrogens (tertiary/aromatic N) is 1. The van der Waals surface area contributed by atoms with Crippen molar-refractivity contribution in [3.63, 3.8) is 0 Å². The van der Waals surface area contributed by atoms with Crippen molar-refractivity contribution in [2.75, 3.05) is 5.32 Å². The van der Waals surface area contributed by atoms with Gasteiger partial charge in [0.1, 0.15) is 17.7 Å². The SMILES string of the molecule is Cc1ccc(C(C(=O)Nc2ccccc2C)N(C(=O)C(C)NC(=O)OC(C)(C)C)C2CC2)cc1C. The smallest absolute Gasteiger partial charge is 0.408 e. The topological polar surface area (TPSA) is 87.7 Å². The van der Waals surface area contributed by atoms with E-state index in [0.717, 1.165) is 35.1 Å². The van der Waals surface area contributed by atoms with E-state index in [0.29, 0.717) is 5.69 Å². The third-order valence-corrected chi connectivity index (χ3v) is 6.07. The summed E-state index contributed by atoms with van der Waals surface area (Å²) in [6.07, 6.45) is 0.953. The highest BCUT2D eigenvalue weighted by atomic mass is 16.6. The van der Waals surface area contributed by atoms with Gasteiger partial charge in [-0.1, -0.05) is 36.4 Å². The molecule has 1 fully saturated rings. The van der Waals surface area contributed by atoms with Crippen molar-refractivity contribution in [1.29, 1.82) is 0 Å². The molecule has 3 rings (SSSR count). The van der Waals surface area contributed by atoms with Crippen molar-refractivity contribution in [1.82, 2.24) is 10.2 Å². The highest BCUT2D eigenvalue weighted by Gasteiger charge is 2.43. The molecule has 2 atom stereocenters. The fourth-order valence-electron chi connectivity index (χ4n) is 3.93. The van der Waals surface area contributed by atoms with Crippen molar-refractivity contribution in [2.45, 2.75) is 85.0 Å². The summed E-state index contributed by atoms with van der Waals surface area (Å²) >= 11 is 0. The third kappa shape index (κ3) is 6.84. The number of hydrogen-bond acceptors (Lipinski definition) is 4. The molecule has 0 heterocycles. The van der Waals surface area contributed by atoms with Gasteiger partial charge in [-0.05, 0) is 89.6 Å². The van der Waals surface area contributed by atoms with Crippen LogP contribution in [0.2, 0.25) is 0 Å². The summed E-state index contributed by atoms with van der Waals surface area (Å²) in [6.45, 7) is 12.8. The Labute approximate surface area is 208 Å². The van der Waals surface area contributed by atoms with Gasteiger partial charge in [0.25, 0.3) is 5.91 Å². The van der Waals surface area contributed by atoms with Gasteiger partial charge in [-0.2, -0.15) is 0 Å². The molecule has 2 aromatic carbocycles. The molecule has 0 spiro atoms. The van der Waals surface area contributed by atoms with Gasteiger partial charge < -0.3 is 20.3 Å². The van der Waals surface area contributed by atoms with E-state index < -0.39 is 23.8 Å². The first kappa shape index (κ1) is 26.3. The zero-order valence-corrected chi connectivity index (χ0v) is 21.8. The maximum absolute atomic E-state index is 13.8. The number of anilines is 1. The second-order valence-corrected chi connectivity index (χ2v) is 10.4. The number of rotatable bonds is 7. The molecule has 0 aromatic heterocycles. The number of alkyl carbamates (subject to hydrolysis) is 1. The fraction of sp³-hybridized carbons (Fsp3) is 0.464. The predicted octanol–water partition coefficient (Wildman–Crippen LogP) is 5.20. The minimum Gasteiger partial charge on any atom is -0.444 e. The number of carbonyl (C=O) groups is 3. The van der Waals surface area contributed by atoms with Gasteiger partial charge in [0.2, 0.25) is 5.91 Å². The van der Waals surface area contributed by atoms with E-state index >= 15 is 0 Å². The Kier molecular flexibility index (Phi) is 7.88. The number of aryl methyl sites for hydroxylation is 3. The zero-order valence-electron chi connectivity index (χ0n) is 21.8. The van der Waals surface area contributed by atoms with Gasteiger partial charge >= 0.3 is 6.09 Å². The lowest BCUT2D eigenvalue weighted by Gasteiger charge is -2.34. The molecular weight excluding hydrogens is 442 g/mol. The van der Waals surface area contributed by atoms with E-state index in [2.05, 4.69) is 10.6 Å². The summed E-state index contributed by atoms with van der Waals surface area (Å²) in [6, 6.07) is 11.6. The maximum Gasteiger partial charge on any atom is 0.408 e. The van der Waals surface area contributed by atoms with E-state index in [4.69, 9.17) is 4.74 Å². The number of ether oxygens (including phenoxy) is 1. The molecule has 7 heteroatoms. The second kappa shape index (κ2) is 10.5. The summed E-state index contributed by atoms with van der Waals surface area (Å²) in [7, 11) is 0. The number of hydrogen-bond donors (Lipinski definition) is 2. The van der Waals surface area contributed by atoms with Crippen LogP contribution in [-0.4, -0.2) is 40.5 Å². The lowest BCUT2D eigenvalue weighted by Crippen LogP contribution is -2.52. The maximum atomic E-state index is 13.8. The zero-order chi connectivity index (χ0) is 25.9. The Bertz CT molecular complexity index is 1100. The van der Waals surface area contributed by atoms with Crippen molar-refractivity contribution >= 4 is 23.6 Å². The van der Waals surface area contributed by atoms with E-state index in [1.165, 1.54) is 0 Å². The molecule has 3 amide bonds. The van der Waals surface area contributed by atoms with Gasteiger partial charge in [0, 0.05) is 11.7 Å². The molecule has 0 bridgehead atoms. The van der Waals surface area contributed by atoms with Crippen LogP contribution in [-0.2, 0) is 14.3 Å². The Morgan fingerprint density at radius 2 is 1.63 bits per heavy atom. The molecule has 0 aliphatic heterocycles. The Morgan fingerprint density at radius 3 is 2.20 bits per heavy atom. The van der Waals surface area contributed by atoms with Crippen molar-refractivity contribution in [2.24, 2.45) is 0 Å². The highest BCUT2D eigenvalue weighted by molar-refractivity contribution is 5.99. The van der Waals surface area contributed by atoms with E-state index in [9.17, 15) is 14.4 Å². The first-order valence-electron chi connectivity index (χ1n) is 12.1. The summed E-state index contributed by atoms with van der Waals surface area (Å²) in [5, 5.41) is 5.67. The first-order valence-corrected chi connectivity index (χ1v) is 12.1. The number of nitrogens with one attached hydrogen (secondary N) is 2. The van der Waals surface area contributed by atoms with E-state index in [1.54, 1.807) is 32.6 Å². The summed E-state index contributed by atoms with van der Waals surface area (Å²) in [5.41, 5.74) is 3.84. The first-order chi connectivity index (χ1) is 16.4. The molecule has 1 aliphatic carbocycles. The van der Waals surface area contributed by atoms with Crippen LogP contribution in [0.15, 0.2) is 42.5 Å². The highest BCUT2D eigenvalue weighted by Crippen LogP contribution is 2.36. The molecule has 0 saturated heterocycles. The van der Waals surface area contributed by atoms with E-state index in [1.807, 2.05) is 63.2 Å². The number of benzene rings is 2. The van der Waals surface area contributed by atoms with Crippen LogP contribution in [0.1, 0.15) is 68.8 Å². The fourth-order valence-corrected chi connectivity index (χ4v) is 3.93. The lowest BCUT2D eigenvalue weighted by molar-refractivity contribution is -0.141. The Hall–Kier alpha value is -3.35. The van der Waals surface area contributed by atoms with Crippen LogP contribution in [0.4, 0.5) is 10.5 Å². The van der Waals surface area contributed by atoms with Crippen molar-refractivity contribution < 1.29 is 19.1 Å². The molecule has 7 nitrogen and oxygen atoms in total. The largest absolute Gasteiger partial charge is 0.444 e. The molecule has 2 unspecified atom stereocenters. The minimum absolute atomic E-state index is 0.0698. The molecule has 188 valence electrons. The summed E-state index contributed by atoms with van der Waals surface area (Å²) in [4.78, 5) is 41.4. The molecule has 2 N–H and O–H groups in total. The minimum atomic E-state index is -0.856. The third-order valence-electron chi connectivity index (χ3n) is 6.07. The molecule has 35 heavy (non-hydrogen) atoms. The molecule has 1 aliphatic rings. The number of para-hydroxylation sites is 1. The molecule has 1 saturated carbocycles. The number of amides is 3. The van der Waals surface area contributed by atoms with Gasteiger partial charge in [0.05, 0.1) is 0 Å². The van der Waals surface area contributed by atoms with Gasteiger partial charge in [-0.3, -0.25) is 9.59 Å². The molecular formula is C28H37N3O4. The van der Waals surface area contributed by atoms with Gasteiger partial charge in [-0.25, -0.2) is 4.79 Å². The van der Waals surface area contributed by atoms with Crippen LogP contribution in [0.5, 0.6) is 0 Å². The van der Waals surface area contributed by atoms with Gasteiger partial charge in [-0.15, -0.1) is 0 Å². The van der Waals surface area contributed by atoms with Crippen LogP contribution in [0.25, 0.3) is 0 Å². The molecule has 2 aromatic rings. The summed E-state index contributed by atoms with van der Waals surface area (Å²) in [5.74, 6) is -0.603. The van der Waals surface area contributed by atoms with Crippen LogP contribution >= 0.6 is 0 Å². The van der Waals surface area contributed by atoms with Crippen molar-refractivity contribution in [3.05, 3.63) is 64.7 Å². The normalized spacial score (nSPS) is 15.1. The van der Waals surface area contributed by atoms with E-state index in [-0.39, 0.29) is 17.9 Å². The quantitative estimate of drug-likeness (QED) is 0.572. The van der Waals surface area contributed by atoms with Crippen LogP contribution in [0, 0.1) is 20.8 Å². The average Bonchev–Trinajstić information content (AvgIpc) is 3.58. The summed E-state index contributed by atoms with van der Waals surface area (Å²) < 4.78 is 5.33. The Morgan fingerprint density at radius 1 is 0.971 bits per heavy atom. The van der Waals surface area contributed by atoms with Crippen LogP contribution in [0.3, 0.4) is 0 Å². The average molecular weight is 480 g/mol.